The van der Waals surface area contributed by atoms with Crippen LogP contribution in [0, 0.1) is 6.92 Å². The minimum Gasteiger partial charge on any atom is -0.346 e. The summed E-state index contributed by atoms with van der Waals surface area (Å²) in [7, 11) is -3.61. The lowest BCUT2D eigenvalue weighted by atomic mass is 9.92. The maximum Gasteiger partial charge on any atom is 0.240 e. The van der Waals surface area contributed by atoms with Crippen LogP contribution in [-0.2, 0) is 27.7 Å². The minimum absolute atomic E-state index is 0.00897. The highest BCUT2D eigenvalue weighted by Crippen LogP contribution is 2.24. The van der Waals surface area contributed by atoms with Crippen molar-refractivity contribution in [1.29, 1.82) is 0 Å². The number of anilines is 1. The smallest absolute Gasteiger partial charge is 0.240 e. The van der Waals surface area contributed by atoms with E-state index in [1.54, 1.807) is 23.5 Å². The molecule has 1 aromatic carbocycles. The van der Waals surface area contributed by atoms with Crippen LogP contribution in [0.3, 0.4) is 0 Å². The van der Waals surface area contributed by atoms with E-state index in [1.165, 1.54) is 5.56 Å². The zero-order valence-electron chi connectivity index (χ0n) is 18.0. The number of hydrogen-bond acceptors (Lipinski definition) is 6. The standard InChI is InChI=1S/C22H30N4O3S2/c1-17-16-30-22(24-17)26-12-4-11-25(13-14-26)21(27)9-10-23-31(28,29)20-8-7-18-5-2-3-6-19(18)15-20/h7-8,15-16,23H,2-6,9-14H2,1H3. The van der Waals surface area contributed by atoms with Crippen LogP contribution in [0.4, 0.5) is 5.13 Å². The Hall–Kier alpha value is -1.97. The number of thiazole rings is 1. The van der Waals surface area contributed by atoms with Gasteiger partial charge in [-0.25, -0.2) is 18.1 Å². The summed E-state index contributed by atoms with van der Waals surface area (Å²) >= 11 is 1.63. The average molecular weight is 463 g/mol. The summed E-state index contributed by atoms with van der Waals surface area (Å²) in [5.41, 5.74) is 3.40. The molecule has 4 rings (SSSR count). The Morgan fingerprint density at radius 3 is 2.68 bits per heavy atom. The molecule has 1 amide bonds. The van der Waals surface area contributed by atoms with Crippen molar-refractivity contribution < 1.29 is 13.2 Å². The molecule has 1 saturated heterocycles. The zero-order chi connectivity index (χ0) is 21.8. The van der Waals surface area contributed by atoms with E-state index in [1.807, 2.05) is 23.3 Å². The van der Waals surface area contributed by atoms with Crippen molar-refractivity contribution >= 4 is 32.4 Å². The van der Waals surface area contributed by atoms with Crippen LogP contribution in [0.5, 0.6) is 0 Å². The quantitative estimate of drug-likeness (QED) is 0.714. The van der Waals surface area contributed by atoms with Gasteiger partial charge in [0.25, 0.3) is 0 Å². The molecule has 0 radical (unpaired) electrons. The van der Waals surface area contributed by atoms with Gasteiger partial charge in [0.05, 0.1) is 10.6 Å². The number of carbonyl (C=O) groups is 1. The summed E-state index contributed by atoms with van der Waals surface area (Å²) in [5.74, 6) is -0.00897. The largest absolute Gasteiger partial charge is 0.346 e. The van der Waals surface area contributed by atoms with Gasteiger partial charge in [-0.2, -0.15) is 0 Å². The van der Waals surface area contributed by atoms with Crippen molar-refractivity contribution in [3.05, 3.63) is 40.4 Å². The van der Waals surface area contributed by atoms with Gasteiger partial charge in [-0.05, 0) is 62.3 Å². The van der Waals surface area contributed by atoms with Crippen molar-refractivity contribution in [2.45, 2.75) is 50.3 Å². The third-order valence-corrected chi connectivity index (χ3v) is 8.47. The van der Waals surface area contributed by atoms with Crippen molar-refractivity contribution in [1.82, 2.24) is 14.6 Å². The monoisotopic (exact) mass is 462 g/mol. The van der Waals surface area contributed by atoms with Gasteiger partial charge < -0.3 is 9.80 Å². The predicted octanol–water partition coefficient (Wildman–Crippen LogP) is 2.74. The van der Waals surface area contributed by atoms with Gasteiger partial charge in [0.15, 0.2) is 5.13 Å². The second kappa shape index (κ2) is 9.67. The Morgan fingerprint density at radius 2 is 1.90 bits per heavy atom. The second-order valence-corrected chi connectivity index (χ2v) is 10.9. The van der Waals surface area contributed by atoms with Crippen LogP contribution in [0.15, 0.2) is 28.5 Å². The molecule has 0 atom stereocenters. The molecule has 9 heteroatoms. The van der Waals surface area contributed by atoms with E-state index in [4.69, 9.17) is 0 Å². The maximum atomic E-state index is 12.7. The normalized spacial score (nSPS) is 17.3. The van der Waals surface area contributed by atoms with E-state index in [9.17, 15) is 13.2 Å². The van der Waals surface area contributed by atoms with Crippen molar-refractivity contribution in [2.75, 3.05) is 37.6 Å². The van der Waals surface area contributed by atoms with E-state index in [-0.39, 0.29) is 18.9 Å². The Labute approximate surface area is 188 Å². The highest BCUT2D eigenvalue weighted by molar-refractivity contribution is 7.89. The topological polar surface area (TPSA) is 82.6 Å². The van der Waals surface area contributed by atoms with E-state index < -0.39 is 10.0 Å². The van der Waals surface area contributed by atoms with Gasteiger partial charge >= 0.3 is 0 Å². The third kappa shape index (κ3) is 5.45. The van der Waals surface area contributed by atoms with Gasteiger partial charge in [0, 0.05) is 44.5 Å². The van der Waals surface area contributed by atoms with Gasteiger partial charge in [0.1, 0.15) is 0 Å². The number of aryl methyl sites for hydroxylation is 3. The summed E-state index contributed by atoms with van der Waals surface area (Å²) in [6.45, 7) is 5.05. The molecule has 2 aliphatic rings. The molecule has 1 N–H and O–H groups in total. The lowest BCUT2D eigenvalue weighted by Gasteiger charge is -2.22. The van der Waals surface area contributed by atoms with Crippen LogP contribution >= 0.6 is 11.3 Å². The summed E-state index contributed by atoms with van der Waals surface area (Å²) in [6.07, 6.45) is 5.27. The molecule has 1 fully saturated rings. The molecule has 0 saturated carbocycles. The SMILES string of the molecule is Cc1csc(N2CCCN(C(=O)CCNS(=O)(=O)c3ccc4c(c3)CCCC4)CC2)n1. The molecule has 2 heterocycles. The Morgan fingerprint density at radius 1 is 1.10 bits per heavy atom. The molecule has 0 unspecified atom stereocenters. The average Bonchev–Trinajstić information content (AvgIpc) is 3.05. The first kappa shape index (κ1) is 22.2. The number of aromatic nitrogens is 1. The summed E-state index contributed by atoms with van der Waals surface area (Å²) < 4.78 is 28.0. The first-order valence-corrected chi connectivity index (χ1v) is 13.3. The molecule has 7 nitrogen and oxygen atoms in total. The Balaban J connectivity index is 1.28. The fourth-order valence-corrected chi connectivity index (χ4v) is 6.19. The number of amides is 1. The van der Waals surface area contributed by atoms with Crippen LogP contribution in [-0.4, -0.2) is 56.9 Å². The fraction of sp³-hybridized carbons (Fsp3) is 0.545. The fourth-order valence-electron chi connectivity index (χ4n) is 4.26. The highest BCUT2D eigenvalue weighted by Gasteiger charge is 2.22. The molecule has 0 spiro atoms. The van der Waals surface area contributed by atoms with E-state index in [0.717, 1.165) is 61.6 Å². The molecule has 0 bridgehead atoms. The van der Waals surface area contributed by atoms with Gasteiger partial charge in [-0.15, -0.1) is 11.3 Å². The molecule has 1 aromatic heterocycles. The zero-order valence-corrected chi connectivity index (χ0v) is 19.6. The number of benzene rings is 1. The predicted molar refractivity (Wildman–Crippen MR) is 123 cm³/mol. The first-order chi connectivity index (χ1) is 14.9. The molecule has 31 heavy (non-hydrogen) atoms. The van der Waals surface area contributed by atoms with Gasteiger partial charge in [0.2, 0.25) is 15.9 Å². The van der Waals surface area contributed by atoms with Crippen molar-refractivity contribution in [3.8, 4) is 0 Å². The summed E-state index contributed by atoms with van der Waals surface area (Å²) in [4.78, 5) is 21.6. The Bertz CT molecular complexity index is 1040. The number of fused-ring (bicyclic) bond motifs is 1. The molecular formula is C22H30N4O3S2. The van der Waals surface area contributed by atoms with Gasteiger partial charge in [-0.1, -0.05) is 6.07 Å². The van der Waals surface area contributed by atoms with E-state index in [2.05, 4.69) is 14.6 Å². The number of nitrogens with zero attached hydrogens (tertiary/aromatic N) is 3. The van der Waals surface area contributed by atoms with Crippen molar-refractivity contribution in [2.24, 2.45) is 0 Å². The number of nitrogens with one attached hydrogen (secondary N) is 1. The minimum atomic E-state index is -3.61. The summed E-state index contributed by atoms with van der Waals surface area (Å²) in [5, 5.41) is 3.04. The lowest BCUT2D eigenvalue weighted by molar-refractivity contribution is -0.130. The summed E-state index contributed by atoms with van der Waals surface area (Å²) in [6, 6.07) is 5.40. The van der Waals surface area contributed by atoms with E-state index in [0.29, 0.717) is 18.0 Å². The molecule has 2 aromatic rings. The first-order valence-electron chi connectivity index (χ1n) is 11.0. The molecular weight excluding hydrogens is 432 g/mol. The van der Waals surface area contributed by atoms with Crippen LogP contribution < -0.4 is 9.62 Å². The second-order valence-electron chi connectivity index (χ2n) is 8.28. The van der Waals surface area contributed by atoms with E-state index >= 15 is 0 Å². The molecule has 1 aliphatic heterocycles. The molecule has 168 valence electrons. The van der Waals surface area contributed by atoms with Crippen LogP contribution in [0.1, 0.15) is 42.5 Å². The number of rotatable bonds is 6. The van der Waals surface area contributed by atoms with Crippen molar-refractivity contribution in [3.63, 3.8) is 0 Å². The lowest BCUT2D eigenvalue weighted by Crippen LogP contribution is -2.37. The number of carbonyl (C=O) groups excluding carboxylic acids is 1. The number of hydrogen-bond donors (Lipinski definition) is 1. The number of sulfonamides is 1. The highest BCUT2D eigenvalue weighted by atomic mass is 32.2. The maximum absolute atomic E-state index is 12.7. The Kier molecular flexibility index (Phi) is 6.93. The molecule has 1 aliphatic carbocycles. The van der Waals surface area contributed by atoms with Crippen LogP contribution in [0.2, 0.25) is 0 Å². The van der Waals surface area contributed by atoms with Gasteiger partial charge in [-0.3, -0.25) is 4.79 Å². The van der Waals surface area contributed by atoms with Crippen LogP contribution in [0.25, 0.3) is 0 Å². The third-order valence-electron chi connectivity index (χ3n) is 5.99.